The molecule has 0 N–H and O–H groups in total. The van der Waals surface area contributed by atoms with Crippen LogP contribution in [0.15, 0.2) is 0 Å². The first-order chi connectivity index (χ1) is 17.0. The van der Waals surface area contributed by atoms with Gasteiger partial charge in [0.2, 0.25) is 0 Å². The molecule has 0 bridgehead atoms. The zero-order chi connectivity index (χ0) is 26.5. The second-order valence-electron chi connectivity index (χ2n) is 9.62. The van der Waals surface area contributed by atoms with Crippen LogP contribution in [0, 0.1) is 40.5 Å². The first kappa shape index (κ1) is 28.0. The highest BCUT2D eigenvalue weighted by Gasteiger charge is 2.57. The zero-order valence-electron chi connectivity index (χ0n) is 20.0. The Hall–Kier alpha value is -2.56. The quantitative estimate of drug-likeness (QED) is 0.297. The van der Waals surface area contributed by atoms with Gasteiger partial charge in [0.15, 0.2) is 11.6 Å². The summed E-state index contributed by atoms with van der Waals surface area (Å²) in [6, 6.07) is 0. The zero-order valence-corrected chi connectivity index (χ0v) is 20.0. The minimum Gasteiger partial charge on any atom is -0.348 e. The van der Waals surface area contributed by atoms with Crippen molar-refractivity contribution >= 4 is 0 Å². The summed E-state index contributed by atoms with van der Waals surface area (Å²) >= 11 is 0. The minimum atomic E-state index is -2.03. The van der Waals surface area contributed by atoms with E-state index in [0.717, 1.165) is 0 Å². The summed E-state index contributed by atoms with van der Waals surface area (Å²) in [6.45, 7) is 2.09. The Labute approximate surface area is 206 Å². The lowest BCUT2D eigenvalue weighted by Crippen LogP contribution is -2.48. The van der Waals surface area contributed by atoms with Gasteiger partial charge < -0.3 is 18.9 Å². The average Bonchev–Trinajstić information content (AvgIpc) is 3.44. The van der Waals surface area contributed by atoms with Crippen LogP contribution < -0.4 is 0 Å². The fourth-order valence-corrected chi connectivity index (χ4v) is 5.50. The van der Waals surface area contributed by atoms with Crippen LogP contribution in [-0.2, 0) is 18.9 Å². The summed E-state index contributed by atoms with van der Waals surface area (Å²) in [5.74, 6) is -1.31. The Morgan fingerprint density at radius 3 is 0.833 bits per heavy atom. The van der Waals surface area contributed by atoms with E-state index in [1.165, 1.54) is 0 Å². The van der Waals surface area contributed by atoms with Gasteiger partial charge in [0.1, 0.15) is 0 Å². The lowest BCUT2D eigenvalue weighted by molar-refractivity contribution is -0.799. The molecule has 2 saturated heterocycles. The molecular formula is C20H32N4O12. The smallest absolute Gasteiger partial charge is 0.348 e. The molecule has 4 aliphatic rings. The van der Waals surface area contributed by atoms with E-state index in [1.54, 1.807) is 0 Å². The van der Waals surface area contributed by atoms with Crippen LogP contribution in [0.3, 0.4) is 0 Å². The maximum atomic E-state index is 11.0. The maximum Gasteiger partial charge on any atom is 0.458 e. The highest BCUT2D eigenvalue weighted by Crippen LogP contribution is 2.39. The summed E-state index contributed by atoms with van der Waals surface area (Å²) in [5, 5.41) is 44.0. The molecule has 4 fully saturated rings. The van der Waals surface area contributed by atoms with Gasteiger partial charge in [0.05, 0.1) is 71.8 Å². The molecule has 2 spiro atoms. The third-order valence-corrected chi connectivity index (χ3v) is 7.53. The van der Waals surface area contributed by atoms with Crippen molar-refractivity contribution in [3.63, 3.8) is 0 Å². The predicted octanol–water partition coefficient (Wildman–Crippen LogP) is 2.67. The van der Waals surface area contributed by atoms with E-state index in [0.29, 0.717) is 77.8 Å². The number of nitro groups is 4. The van der Waals surface area contributed by atoms with Gasteiger partial charge in [-0.05, 0) is 25.7 Å². The molecule has 0 radical (unpaired) electrons. The second kappa shape index (κ2) is 11.2. The lowest BCUT2D eigenvalue weighted by Gasteiger charge is -2.30. The Morgan fingerprint density at radius 1 is 0.417 bits per heavy atom. The molecule has 4 rings (SSSR count). The van der Waals surface area contributed by atoms with E-state index in [1.807, 2.05) is 0 Å². The molecule has 36 heavy (non-hydrogen) atoms. The standard InChI is InChI=1S/2C10H16N2O6/c2*13-11(14)9(12(15)16)3-1-5-10(6-2-4-9)17-7-8-18-10/h2*1-8H2. The van der Waals surface area contributed by atoms with Crippen molar-refractivity contribution in [1.29, 1.82) is 0 Å². The molecule has 2 aliphatic heterocycles. The molecule has 0 aromatic rings. The monoisotopic (exact) mass is 520 g/mol. The van der Waals surface area contributed by atoms with E-state index in [4.69, 9.17) is 18.9 Å². The van der Waals surface area contributed by atoms with Gasteiger partial charge in [-0.25, -0.2) is 0 Å². The number of ether oxygens (including phenoxy) is 4. The summed E-state index contributed by atoms with van der Waals surface area (Å²) < 4.78 is 22.2. The third-order valence-electron chi connectivity index (χ3n) is 7.53. The van der Waals surface area contributed by atoms with E-state index >= 15 is 0 Å². The van der Waals surface area contributed by atoms with Crippen LogP contribution in [0.4, 0.5) is 0 Å². The second-order valence-corrected chi connectivity index (χ2v) is 9.62. The fraction of sp³-hybridized carbons (Fsp3) is 1.00. The van der Waals surface area contributed by atoms with Crippen LogP contribution in [0.25, 0.3) is 0 Å². The molecule has 204 valence electrons. The van der Waals surface area contributed by atoms with Gasteiger partial charge in [-0.15, -0.1) is 0 Å². The summed E-state index contributed by atoms with van der Waals surface area (Å²) in [7, 11) is 0. The summed E-state index contributed by atoms with van der Waals surface area (Å²) in [5.41, 5.74) is -4.06. The van der Waals surface area contributed by atoms with Gasteiger partial charge in [0.25, 0.3) is 0 Å². The number of hydrogen-bond acceptors (Lipinski definition) is 12. The predicted molar refractivity (Wildman–Crippen MR) is 118 cm³/mol. The van der Waals surface area contributed by atoms with Gasteiger partial charge >= 0.3 is 11.3 Å². The number of hydrogen-bond donors (Lipinski definition) is 0. The van der Waals surface area contributed by atoms with E-state index in [-0.39, 0.29) is 25.7 Å². The normalized spacial score (nSPS) is 26.4. The van der Waals surface area contributed by atoms with Crippen LogP contribution in [0.5, 0.6) is 0 Å². The number of rotatable bonds is 4. The lowest BCUT2D eigenvalue weighted by atomic mass is 9.89. The molecular weight excluding hydrogens is 488 g/mol. The van der Waals surface area contributed by atoms with Gasteiger partial charge in [-0.1, -0.05) is 0 Å². The van der Waals surface area contributed by atoms with Crippen LogP contribution in [0.1, 0.15) is 77.0 Å². The van der Waals surface area contributed by atoms with Crippen LogP contribution >= 0.6 is 0 Å². The highest BCUT2D eigenvalue weighted by atomic mass is 16.7. The Morgan fingerprint density at radius 2 is 0.639 bits per heavy atom. The van der Waals surface area contributed by atoms with Crippen molar-refractivity contribution in [2.45, 2.75) is 99.9 Å². The Balaban J connectivity index is 0.000000201. The molecule has 0 atom stereocenters. The van der Waals surface area contributed by atoms with E-state index in [2.05, 4.69) is 0 Å². The van der Waals surface area contributed by atoms with Crippen molar-refractivity contribution in [3.05, 3.63) is 40.5 Å². The summed E-state index contributed by atoms with van der Waals surface area (Å²) in [4.78, 5) is 41.0. The Kier molecular flexibility index (Phi) is 8.74. The number of nitrogens with zero attached hydrogens (tertiary/aromatic N) is 4. The molecule has 2 saturated carbocycles. The van der Waals surface area contributed by atoms with Crippen LogP contribution in [0.2, 0.25) is 0 Å². The van der Waals surface area contributed by atoms with Crippen molar-refractivity contribution in [3.8, 4) is 0 Å². The molecule has 0 unspecified atom stereocenters. The molecule has 16 heteroatoms. The van der Waals surface area contributed by atoms with Crippen molar-refractivity contribution in [2.24, 2.45) is 0 Å². The van der Waals surface area contributed by atoms with Crippen LogP contribution in [-0.4, -0.2) is 69.0 Å². The van der Waals surface area contributed by atoms with E-state index in [9.17, 15) is 40.5 Å². The van der Waals surface area contributed by atoms with E-state index < -0.39 is 42.6 Å². The highest BCUT2D eigenvalue weighted by molar-refractivity contribution is 4.82. The first-order valence-electron chi connectivity index (χ1n) is 12.2. The minimum absolute atomic E-state index is 0.0680. The average molecular weight is 520 g/mol. The molecule has 0 aromatic heterocycles. The van der Waals surface area contributed by atoms with Gasteiger partial charge in [-0.3, -0.25) is 40.5 Å². The SMILES string of the molecule is O=[N+]([O-])C1([N+](=O)[O-])CCCC2(CCC1)OCCO2.O=[N+]([O-])C1([N+](=O)[O-])CCCC2(CCC1)OCCO2. The Bertz CT molecular complexity index is 717. The summed E-state index contributed by atoms with van der Waals surface area (Å²) in [6.07, 6.45) is 3.11. The van der Waals surface area contributed by atoms with Crippen molar-refractivity contribution in [2.75, 3.05) is 26.4 Å². The molecule has 16 nitrogen and oxygen atoms in total. The van der Waals surface area contributed by atoms with Crippen molar-refractivity contribution < 1.29 is 38.6 Å². The molecule has 0 amide bonds. The van der Waals surface area contributed by atoms with Crippen molar-refractivity contribution in [1.82, 2.24) is 0 Å². The maximum absolute atomic E-state index is 11.0. The first-order valence-corrected chi connectivity index (χ1v) is 12.2. The topological polar surface area (TPSA) is 209 Å². The van der Waals surface area contributed by atoms with Gasteiger partial charge in [0, 0.05) is 25.7 Å². The third kappa shape index (κ3) is 5.71. The van der Waals surface area contributed by atoms with Gasteiger partial charge in [-0.2, -0.15) is 0 Å². The molecule has 2 aliphatic carbocycles. The largest absolute Gasteiger partial charge is 0.458 e. The fourth-order valence-electron chi connectivity index (χ4n) is 5.50. The molecule has 0 aromatic carbocycles. The molecule has 2 heterocycles.